The summed E-state index contributed by atoms with van der Waals surface area (Å²) < 4.78 is 53.9. The zero-order valence-electron chi connectivity index (χ0n) is 21.3. The zero-order chi connectivity index (χ0) is 25.5. The number of hydrogen-bond donors (Lipinski definition) is 2. The molecule has 0 aromatic heterocycles. The highest BCUT2D eigenvalue weighted by Gasteiger charge is 2.37. The molecule has 0 aliphatic carbocycles. The Bertz CT molecular complexity index is 491. The number of hydrogen-bond acceptors (Lipinski definition) is 10. The van der Waals surface area contributed by atoms with Crippen molar-refractivity contribution in [2.24, 2.45) is 0 Å². The van der Waals surface area contributed by atoms with E-state index in [1.54, 1.807) is 39.3 Å². The van der Waals surface area contributed by atoms with Crippen LogP contribution in [0.4, 0.5) is 0 Å². The van der Waals surface area contributed by atoms with Crippen molar-refractivity contribution in [3.05, 3.63) is 0 Å². The van der Waals surface area contributed by atoms with Crippen molar-refractivity contribution in [2.75, 3.05) is 20.4 Å². The van der Waals surface area contributed by atoms with Crippen LogP contribution in [0.1, 0.15) is 0 Å². The average molecular weight is 557 g/mol. The molecular weight excluding hydrogens is 512 g/mol. The lowest BCUT2D eigenvalue weighted by Gasteiger charge is -2.26. The lowest BCUT2D eigenvalue weighted by atomic mass is 11.6. The third kappa shape index (κ3) is 31.6. The van der Waals surface area contributed by atoms with Crippen LogP contribution in [-0.4, -0.2) is 75.5 Å². The summed E-state index contributed by atoms with van der Waals surface area (Å²) in [4.78, 5) is 0. The lowest BCUT2D eigenvalue weighted by molar-refractivity contribution is 0.00131. The summed E-state index contributed by atoms with van der Waals surface area (Å²) in [7, 11) is -12.8. The van der Waals surface area contributed by atoms with E-state index < -0.39 is 52.7 Å². The van der Waals surface area contributed by atoms with Gasteiger partial charge in [0.05, 0.1) is 0 Å². The molecule has 2 atom stereocenters. The fourth-order valence-corrected chi connectivity index (χ4v) is 8.23. The summed E-state index contributed by atoms with van der Waals surface area (Å²) in [5, 5.41) is 17.6. The molecule has 10 nitrogen and oxygen atoms in total. The summed E-state index contributed by atoms with van der Waals surface area (Å²) in [5.74, 6) is 13.8. The first-order valence-corrected chi connectivity index (χ1v) is 26.8. The molecule has 0 spiro atoms. The Labute approximate surface area is 200 Å². The van der Waals surface area contributed by atoms with Crippen LogP contribution in [0.5, 0.6) is 0 Å². The SMILES string of the molecule is C[Si](C)(C)OP(=O)(OCO)OCOP(=O)(OCO)O[Si](C)(C)C.[CH3][Al]([CH3])[CH3].[CH3][Al]([CH3])[CH3]. The summed E-state index contributed by atoms with van der Waals surface area (Å²) >= 11 is -0.278. The van der Waals surface area contributed by atoms with Gasteiger partial charge >= 0.3 is 15.6 Å². The van der Waals surface area contributed by atoms with Crippen LogP contribution in [0.15, 0.2) is 0 Å². The van der Waals surface area contributed by atoms with Crippen molar-refractivity contribution in [2.45, 2.75) is 74.0 Å². The highest BCUT2D eigenvalue weighted by atomic mass is 31.2. The fraction of sp³-hybridized carbons (Fsp3) is 1.00. The molecule has 0 rings (SSSR count). The fourth-order valence-electron chi connectivity index (χ4n) is 1.14. The van der Waals surface area contributed by atoms with Crippen LogP contribution >= 0.6 is 15.6 Å². The smallest absolute Gasteiger partial charge is 0.370 e. The van der Waals surface area contributed by atoms with Crippen molar-refractivity contribution in [3.8, 4) is 0 Å². The molecule has 31 heavy (non-hydrogen) atoms. The second-order valence-corrected chi connectivity index (χ2v) is 29.3. The summed E-state index contributed by atoms with van der Waals surface area (Å²) in [6, 6.07) is 0. The molecule has 0 radical (unpaired) electrons. The topological polar surface area (TPSA) is 130 Å². The third-order valence-electron chi connectivity index (χ3n) is 1.62. The predicted octanol–water partition coefficient (Wildman–Crippen LogP) is 5.57. The average Bonchev–Trinajstić information content (AvgIpc) is 2.41. The van der Waals surface area contributed by atoms with Crippen molar-refractivity contribution in [1.82, 2.24) is 0 Å². The van der Waals surface area contributed by atoms with Crippen molar-refractivity contribution < 1.29 is 45.9 Å². The van der Waals surface area contributed by atoms with Gasteiger partial charge < -0.3 is 18.6 Å². The number of aliphatic hydroxyl groups is 2. The zero-order valence-corrected chi connectivity index (χ0v) is 27.4. The maximum Gasteiger partial charge on any atom is 0.469 e. The summed E-state index contributed by atoms with van der Waals surface area (Å²) in [6.45, 7) is 7.82. The Hall–Kier alpha value is 1.64. The van der Waals surface area contributed by atoms with Crippen molar-refractivity contribution >= 4 is 60.6 Å². The molecular formula is C15H44Al2O10P2Si2. The Morgan fingerprint density at radius 1 is 0.613 bits per heavy atom. The Kier molecular flexibility index (Phi) is 21.6. The minimum absolute atomic E-state index is 0.139. The van der Waals surface area contributed by atoms with E-state index in [9.17, 15) is 9.13 Å². The van der Waals surface area contributed by atoms with E-state index in [2.05, 4.69) is 43.8 Å². The van der Waals surface area contributed by atoms with E-state index in [1.165, 1.54) is 0 Å². The summed E-state index contributed by atoms with van der Waals surface area (Å²) in [6.07, 6.45) is 0. The maximum absolute atomic E-state index is 12.3. The highest BCUT2D eigenvalue weighted by Crippen LogP contribution is 2.55. The van der Waals surface area contributed by atoms with E-state index in [-0.39, 0.29) is 28.3 Å². The molecule has 0 amide bonds. The van der Waals surface area contributed by atoms with E-state index in [4.69, 9.17) is 27.7 Å². The predicted molar refractivity (Wildman–Crippen MR) is 134 cm³/mol. The van der Waals surface area contributed by atoms with Gasteiger partial charge in [-0.3, -0.25) is 18.1 Å². The lowest BCUT2D eigenvalue weighted by Crippen LogP contribution is -2.26. The summed E-state index contributed by atoms with van der Waals surface area (Å²) in [5.41, 5.74) is 0. The first-order chi connectivity index (χ1) is 13.7. The number of aliphatic hydroxyl groups excluding tert-OH is 2. The molecule has 0 saturated heterocycles. The third-order valence-corrected chi connectivity index (χ3v) is 9.50. The minimum atomic E-state index is -4.09. The van der Waals surface area contributed by atoms with Crippen LogP contribution in [0.3, 0.4) is 0 Å². The molecule has 0 aromatic carbocycles. The quantitative estimate of drug-likeness (QED) is 0.179. The van der Waals surface area contributed by atoms with Gasteiger partial charge in [0.25, 0.3) is 28.3 Å². The highest BCUT2D eigenvalue weighted by molar-refractivity contribution is 7.51. The molecule has 2 N–H and O–H groups in total. The molecule has 0 saturated carbocycles. The van der Waals surface area contributed by atoms with E-state index in [0.717, 1.165) is 0 Å². The van der Waals surface area contributed by atoms with Crippen LogP contribution in [0.2, 0.25) is 74.0 Å². The van der Waals surface area contributed by atoms with Crippen LogP contribution < -0.4 is 0 Å². The second-order valence-electron chi connectivity index (χ2n) is 9.66. The van der Waals surface area contributed by atoms with E-state index in [0.29, 0.717) is 0 Å². The normalized spacial score (nSPS) is 15.4. The van der Waals surface area contributed by atoms with Gasteiger partial charge in [0.1, 0.15) is 0 Å². The molecule has 16 heteroatoms. The standard InChI is InChI=1S/C9H26O10P2Si2.6CH3.2Al/c1-22(2,3)18-20(12,14-7-10)16-9-17-21(13,15-8-11)19-23(4,5)6;;;;;;;;/h10-11H,7-9H2,1-6H3;6*1H3;;. The largest absolute Gasteiger partial charge is 0.469 e. The number of rotatable bonds is 12. The molecule has 0 aliphatic rings. The van der Waals surface area contributed by atoms with Gasteiger partial charge in [-0.2, -0.15) is 0 Å². The van der Waals surface area contributed by atoms with Crippen LogP contribution in [0.25, 0.3) is 0 Å². The van der Waals surface area contributed by atoms with Gasteiger partial charge in [0.2, 0.25) is 0 Å². The molecule has 0 aliphatic heterocycles. The second kappa shape index (κ2) is 18.0. The first-order valence-electron chi connectivity index (χ1n) is 10.1. The monoisotopic (exact) mass is 556 g/mol. The Morgan fingerprint density at radius 3 is 1.00 bits per heavy atom. The van der Waals surface area contributed by atoms with Crippen molar-refractivity contribution in [1.29, 1.82) is 0 Å². The maximum atomic E-state index is 12.3. The molecule has 2 unspecified atom stereocenters. The number of phosphoric ester groups is 2. The van der Waals surface area contributed by atoms with Gasteiger partial charge in [-0.15, -0.1) is 34.7 Å². The molecule has 0 fully saturated rings. The molecule has 0 heterocycles. The Balaban J connectivity index is -0.000000832. The molecule has 188 valence electrons. The molecule has 0 bridgehead atoms. The minimum Gasteiger partial charge on any atom is -0.370 e. The first kappa shape index (κ1) is 37.2. The van der Waals surface area contributed by atoms with Gasteiger partial charge in [-0.25, -0.2) is 9.13 Å². The van der Waals surface area contributed by atoms with Gasteiger partial charge in [0.15, 0.2) is 37.0 Å². The number of phosphoric acid groups is 2. The Morgan fingerprint density at radius 2 is 0.839 bits per heavy atom. The van der Waals surface area contributed by atoms with Crippen LogP contribution in [-0.2, 0) is 35.7 Å². The van der Waals surface area contributed by atoms with Crippen molar-refractivity contribution in [3.63, 3.8) is 0 Å². The van der Waals surface area contributed by atoms with Crippen LogP contribution in [0, 0.1) is 0 Å². The van der Waals surface area contributed by atoms with Gasteiger partial charge in [-0.1, -0.05) is 0 Å². The van der Waals surface area contributed by atoms with E-state index in [1.807, 2.05) is 0 Å². The van der Waals surface area contributed by atoms with Gasteiger partial charge in [0, 0.05) is 0 Å². The van der Waals surface area contributed by atoms with E-state index >= 15 is 0 Å². The van der Waals surface area contributed by atoms with Gasteiger partial charge in [-0.05, 0) is 39.3 Å². The molecule has 0 aromatic rings.